The third-order valence-electron chi connectivity index (χ3n) is 4.35. The first kappa shape index (κ1) is 19.5. The van der Waals surface area contributed by atoms with Crippen LogP contribution < -0.4 is 0 Å². The number of hydrogen-bond donors (Lipinski definition) is 0. The number of hydrogen-bond acceptors (Lipinski definition) is 5. The predicted octanol–water partition coefficient (Wildman–Crippen LogP) is 3.20. The Labute approximate surface area is 160 Å². The number of likely N-dealkylation sites (N-methyl/N-ethyl adjacent to an activating group) is 1. The van der Waals surface area contributed by atoms with E-state index in [0.29, 0.717) is 24.4 Å². The number of aromatic nitrogens is 1. The van der Waals surface area contributed by atoms with Gasteiger partial charge in [-0.25, -0.2) is 8.42 Å². The quantitative estimate of drug-likeness (QED) is 0.623. The highest BCUT2D eigenvalue weighted by molar-refractivity contribution is 7.89. The van der Waals surface area contributed by atoms with Crippen LogP contribution in [-0.4, -0.2) is 49.8 Å². The lowest BCUT2D eigenvalue weighted by molar-refractivity contribution is 0.310. The highest BCUT2D eigenvalue weighted by atomic mass is 32.2. The van der Waals surface area contributed by atoms with Gasteiger partial charge in [-0.1, -0.05) is 12.1 Å². The van der Waals surface area contributed by atoms with Crippen LogP contribution in [0.2, 0.25) is 0 Å². The predicted molar refractivity (Wildman–Crippen MR) is 106 cm³/mol. The lowest BCUT2D eigenvalue weighted by Gasteiger charge is -2.23. The Morgan fingerprint density at radius 2 is 1.85 bits per heavy atom. The summed E-state index contributed by atoms with van der Waals surface area (Å²) in [7, 11) is 0.100. The minimum absolute atomic E-state index is 0.187. The van der Waals surface area contributed by atoms with E-state index in [9.17, 15) is 8.42 Å². The van der Waals surface area contributed by atoms with Crippen molar-refractivity contribution in [3.8, 4) is 0 Å². The highest BCUT2D eigenvalue weighted by Crippen LogP contribution is 2.26. The Balaban J connectivity index is 2.04. The first-order chi connectivity index (χ1) is 12.8. The SMILES string of the molecule is Cc1cnc2c(S(=O)(=O)N(CCN(C)C)Cc3ccc(C)o3)cccc2c1. The second kappa shape index (κ2) is 7.80. The van der Waals surface area contributed by atoms with Crippen LogP contribution >= 0.6 is 0 Å². The topological polar surface area (TPSA) is 66.7 Å². The second-order valence-electron chi connectivity index (χ2n) is 6.99. The van der Waals surface area contributed by atoms with Crippen LogP contribution in [0.15, 0.2) is 51.9 Å². The van der Waals surface area contributed by atoms with E-state index in [1.54, 1.807) is 18.3 Å². The Morgan fingerprint density at radius 1 is 1.07 bits per heavy atom. The zero-order chi connectivity index (χ0) is 19.6. The molecule has 0 radical (unpaired) electrons. The third kappa shape index (κ3) is 4.37. The molecule has 0 atom stereocenters. The molecule has 27 heavy (non-hydrogen) atoms. The molecule has 0 aliphatic carbocycles. The van der Waals surface area contributed by atoms with Crippen molar-refractivity contribution in [2.24, 2.45) is 0 Å². The van der Waals surface area contributed by atoms with Gasteiger partial charge in [-0.3, -0.25) is 4.98 Å². The number of nitrogens with zero attached hydrogens (tertiary/aromatic N) is 3. The lowest BCUT2D eigenvalue weighted by atomic mass is 10.2. The minimum atomic E-state index is -3.74. The van der Waals surface area contributed by atoms with Gasteiger partial charge >= 0.3 is 0 Å². The standard InChI is InChI=1S/C20H25N3O3S/c1-15-12-17-6-5-7-19(20(17)21-13-15)27(24,25)23(11-10-22(3)4)14-18-9-8-16(2)26-18/h5-9,12-13H,10-11,14H2,1-4H3. The van der Waals surface area contributed by atoms with E-state index in [2.05, 4.69) is 4.98 Å². The van der Waals surface area contributed by atoms with Crippen LogP contribution in [0.3, 0.4) is 0 Å². The number of rotatable bonds is 7. The van der Waals surface area contributed by atoms with Crippen molar-refractivity contribution in [1.82, 2.24) is 14.2 Å². The van der Waals surface area contributed by atoms with Gasteiger partial charge in [0, 0.05) is 24.7 Å². The average Bonchev–Trinajstić information content (AvgIpc) is 3.02. The maximum absolute atomic E-state index is 13.5. The highest BCUT2D eigenvalue weighted by Gasteiger charge is 2.28. The molecule has 3 rings (SSSR count). The summed E-state index contributed by atoms with van der Waals surface area (Å²) in [6.45, 7) is 4.94. The smallest absolute Gasteiger partial charge is 0.245 e. The number of pyridine rings is 1. The molecule has 1 aromatic carbocycles. The van der Waals surface area contributed by atoms with Gasteiger partial charge in [-0.15, -0.1) is 0 Å². The van der Waals surface area contributed by atoms with Gasteiger partial charge in [0.25, 0.3) is 0 Å². The molecule has 0 bridgehead atoms. The normalized spacial score (nSPS) is 12.4. The molecular formula is C20H25N3O3S. The molecule has 0 spiro atoms. The van der Waals surface area contributed by atoms with Crippen molar-refractivity contribution in [2.75, 3.05) is 27.2 Å². The van der Waals surface area contributed by atoms with E-state index in [0.717, 1.165) is 16.7 Å². The summed E-state index contributed by atoms with van der Waals surface area (Å²) >= 11 is 0. The van der Waals surface area contributed by atoms with E-state index in [1.807, 2.05) is 57.1 Å². The summed E-state index contributed by atoms with van der Waals surface area (Å²) in [5, 5.41) is 0.817. The van der Waals surface area contributed by atoms with Gasteiger partial charge in [-0.05, 0) is 57.8 Å². The fourth-order valence-corrected chi connectivity index (χ4v) is 4.49. The number of furan rings is 1. The number of sulfonamides is 1. The minimum Gasteiger partial charge on any atom is -0.465 e. The maximum atomic E-state index is 13.5. The number of benzene rings is 1. The molecule has 2 aromatic heterocycles. The van der Waals surface area contributed by atoms with E-state index in [-0.39, 0.29) is 11.4 Å². The summed E-state index contributed by atoms with van der Waals surface area (Å²) in [6, 6.07) is 10.9. The van der Waals surface area contributed by atoms with Gasteiger partial charge < -0.3 is 9.32 Å². The number of fused-ring (bicyclic) bond motifs is 1. The monoisotopic (exact) mass is 387 g/mol. The largest absolute Gasteiger partial charge is 0.465 e. The third-order valence-corrected chi connectivity index (χ3v) is 6.23. The molecule has 7 heteroatoms. The number of para-hydroxylation sites is 1. The molecule has 0 unspecified atom stereocenters. The van der Waals surface area contributed by atoms with Gasteiger partial charge in [0.1, 0.15) is 16.4 Å². The zero-order valence-electron chi connectivity index (χ0n) is 16.1. The summed E-state index contributed by atoms with van der Waals surface area (Å²) in [6.07, 6.45) is 1.70. The van der Waals surface area contributed by atoms with E-state index < -0.39 is 10.0 Å². The van der Waals surface area contributed by atoms with Crippen LogP contribution in [-0.2, 0) is 16.6 Å². The van der Waals surface area contributed by atoms with Gasteiger partial charge in [-0.2, -0.15) is 4.31 Å². The van der Waals surface area contributed by atoms with Crippen LogP contribution in [0.25, 0.3) is 10.9 Å². The molecule has 0 aliphatic heterocycles. The fraction of sp³-hybridized carbons (Fsp3) is 0.350. The Kier molecular flexibility index (Phi) is 5.64. The molecule has 0 aliphatic rings. The summed E-state index contributed by atoms with van der Waals surface area (Å²) < 4.78 is 34.0. The molecule has 0 saturated carbocycles. The Morgan fingerprint density at radius 3 is 2.52 bits per heavy atom. The molecule has 0 saturated heterocycles. The molecule has 0 amide bonds. The van der Waals surface area contributed by atoms with Crippen molar-refractivity contribution < 1.29 is 12.8 Å². The van der Waals surface area contributed by atoms with E-state index >= 15 is 0 Å². The van der Waals surface area contributed by atoms with Crippen LogP contribution in [0.5, 0.6) is 0 Å². The van der Waals surface area contributed by atoms with E-state index in [1.165, 1.54) is 4.31 Å². The molecule has 144 valence electrons. The molecule has 3 aromatic rings. The molecule has 2 heterocycles. The second-order valence-corrected chi connectivity index (χ2v) is 8.90. The van der Waals surface area contributed by atoms with Crippen molar-refractivity contribution in [3.05, 3.63) is 59.7 Å². The van der Waals surface area contributed by atoms with Gasteiger partial charge in [0.2, 0.25) is 10.0 Å². The lowest BCUT2D eigenvalue weighted by Crippen LogP contribution is -2.36. The molecule has 6 nitrogen and oxygen atoms in total. The van der Waals surface area contributed by atoms with Gasteiger partial charge in [0.05, 0.1) is 12.1 Å². The van der Waals surface area contributed by atoms with Crippen LogP contribution in [0, 0.1) is 13.8 Å². The summed E-state index contributed by atoms with van der Waals surface area (Å²) in [5.74, 6) is 1.39. The van der Waals surface area contributed by atoms with Crippen LogP contribution in [0.1, 0.15) is 17.1 Å². The van der Waals surface area contributed by atoms with Crippen LogP contribution in [0.4, 0.5) is 0 Å². The Bertz CT molecular complexity index is 1040. The average molecular weight is 388 g/mol. The van der Waals surface area contributed by atoms with Crippen molar-refractivity contribution in [2.45, 2.75) is 25.3 Å². The summed E-state index contributed by atoms with van der Waals surface area (Å²) in [5.41, 5.74) is 1.49. The van der Waals surface area contributed by atoms with Crippen molar-refractivity contribution in [3.63, 3.8) is 0 Å². The van der Waals surface area contributed by atoms with Gasteiger partial charge in [0.15, 0.2) is 0 Å². The summed E-state index contributed by atoms with van der Waals surface area (Å²) in [4.78, 5) is 6.58. The zero-order valence-corrected chi connectivity index (χ0v) is 17.0. The van der Waals surface area contributed by atoms with Crippen molar-refractivity contribution >= 4 is 20.9 Å². The fourth-order valence-electron chi connectivity index (χ4n) is 2.93. The number of aryl methyl sites for hydroxylation is 2. The molecular weight excluding hydrogens is 362 g/mol. The Hall–Kier alpha value is -2.22. The molecule has 0 fully saturated rings. The first-order valence-electron chi connectivity index (χ1n) is 8.83. The van der Waals surface area contributed by atoms with Crippen molar-refractivity contribution in [1.29, 1.82) is 0 Å². The maximum Gasteiger partial charge on any atom is 0.245 e. The first-order valence-corrected chi connectivity index (χ1v) is 10.3. The van der Waals surface area contributed by atoms with E-state index in [4.69, 9.17) is 4.42 Å². The molecule has 0 N–H and O–H groups in total.